The molecule has 0 spiro atoms. The fourth-order valence-electron chi connectivity index (χ4n) is 1.48. The predicted octanol–water partition coefficient (Wildman–Crippen LogP) is -0.210. The summed E-state index contributed by atoms with van der Waals surface area (Å²) in [5.41, 5.74) is 5.89. The Morgan fingerprint density at radius 2 is 1.89 bits per heavy atom. The monoisotopic (exact) mass is 260 g/mol. The van der Waals surface area contributed by atoms with E-state index in [-0.39, 0.29) is 11.9 Å². The largest absolute Gasteiger partial charge is 0.366 e. The van der Waals surface area contributed by atoms with Gasteiger partial charge in [0.25, 0.3) is 5.91 Å². The molecule has 98 valence electrons. The van der Waals surface area contributed by atoms with Gasteiger partial charge in [-0.25, -0.2) is 0 Å². The minimum Gasteiger partial charge on any atom is -0.366 e. The Morgan fingerprint density at radius 1 is 1.26 bits per heavy atom. The van der Waals surface area contributed by atoms with Crippen LogP contribution in [0.2, 0.25) is 0 Å². The number of carbonyl (C=O) groups is 2. The number of amides is 2. The number of hydrogen-bond acceptors (Lipinski definition) is 5. The second kappa shape index (κ2) is 5.25. The summed E-state index contributed by atoms with van der Waals surface area (Å²) in [6.45, 7) is 1.74. The number of primary amides is 1. The minimum atomic E-state index is -0.535. The number of nitrogens with two attached hydrogens (primary N) is 1. The van der Waals surface area contributed by atoms with Crippen molar-refractivity contribution in [3.63, 3.8) is 0 Å². The number of hydrogen-bond donors (Lipinski definition) is 3. The first kappa shape index (κ1) is 12.7. The second-order valence-electron chi connectivity index (χ2n) is 3.91. The normalized spacial score (nSPS) is 11.8. The van der Waals surface area contributed by atoms with Crippen molar-refractivity contribution in [2.24, 2.45) is 5.73 Å². The van der Waals surface area contributed by atoms with E-state index in [1.165, 1.54) is 24.3 Å². The lowest BCUT2D eigenvalue weighted by molar-refractivity contribution is 0.0936. The van der Waals surface area contributed by atoms with Crippen LogP contribution in [0.1, 0.15) is 39.5 Å². The zero-order valence-electron chi connectivity index (χ0n) is 10.1. The maximum absolute atomic E-state index is 11.9. The zero-order chi connectivity index (χ0) is 13.8. The Bertz CT molecular complexity index is 578. The molecule has 1 unspecified atom stereocenters. The van der Waals surface area contributed by atoms with Crippen LogP contribution in [0.25, 0.3) is 0 Å². The summed E-state index contributed by atoms with van der Waals surface area (Å²) in [5.74, 6) is -0.442. The molecule has 0 bridgehead atoms. The van der Waals surface area contributed by atoms with Crippen LogP contribution in [0.15, 0.2) is 24.3 Å². The molecule has 0 radical (unpaired) electrons. The number of carbonyl (C=O) groups excluding carboxylic acids is 2. The molecule has 1 heterocycles. The fourth-order valence-corrected chi connectivity index (χ4v) is 1.48. The van der Waals surface area contributed by atoms with E-state index in [1.807, 2.05) is 0 Å². The molecule has 0 saturated heterocycles. The van der Waals surface area contributed by atoms with Gasteiger partial charge in [0.05, 0.1) is 6.04 Å². The number of nitrogens with zero attached hydrogens (tertiary/aromatic N) is 3. The van der Waals surface area contributed by atoms with Crippen LogP contribution in [0.4, 0.5) is 0 Å². The highest BCUT2D eigenvalue weighted by atomic mass is 16.2. The Kier molecular flexibility index (Phi) is 3.51. The zero-order valence-corrected chi connectivity index (χ0v) is 10.1. The van der Waals surface area contributed by atoms with Gasteiger partial charge in [0.2, 0.25) is 5.91 Å². The molecule has 2 aromatic rings. The lowest BCUT2D eigenvalue weighted by Gasteiger charge is -2.09. The molecular weight excluding hydrogens is 248 g/mol. The van der Waals surface area contributed by atoms with Crippen molar-refractivity contribution in [2.45, 2.75) is 13.0 Å². The minimum absolute atomic E-state index is 0.298. The van der Waals surface area contributed by atoms with Crippen LogP contribution < -0.4 is 11.1 Å². The van der Waals surface area contributed by atoms with Crippen LogP contribution in [-0.4, -0.2) is 32.4 Å². The van der Waals surface area contributed by atoms with Gasteiger partial charge in [-0.2, -0.15) is 5.21 Å². The van der Waals surface area contributed by atoms with Crippen molar-refractivity contribution in [3.8, 4) is 0 Å². The topological polar surface area (TPSA) is 127 Å². The Morgan fingerprint density at radius 3 is 2.42 bits per heavy atom. The van der Waals surface area contributed by atoms with E-state index in [2.05, 4.69) is 25.9 Å². The van der Waals surface area contributed by atoms with Gasteiger partial charge in [-0.1, -0.05) is 5.21 Å². The molecule has 1 aromatic heterocycles. The summed E-state index contributed by atoms with van der Waals surface area (Å²) in [5, 5.41) is 16.0. The van der Waals surface area contributed by atoms with E-state index in [0.717, 1.165) is 0 Å². The van der Waals surface area contributed by atoms with Crippen LogP contribution in [0.3, 0.4) is 0 Å². The van der Waals surface area contributed by atoms with Crippen molar-refractivity contribution >= 4 is 11.8 Å². The smallest absolute Gasteiger partial charge is 0.251 e. The van der Waals surface area contributed by atoms with Crippen molar-refractivity contribution in [2.75, 3.05) is 0 Å². The van der Waals surface area contributed by atoms with Crippen LogP contribution >= 0.6 is 0 Å². The first-order valence-corrected chi connectivity index (χ1v) is 5.52. The van der Waals surface area contributed by atoms with Crippen LogP contribution in [0, 0.1) is 0 Å². The molecule has 4 N–H and O–H groups in total. The number of aromatic nitrogens is 4. The van der Waals surface area contributed by atoms with Crippen molar-refractivity contribution in [1.29, 1.82) is 0 Å². The van der Waals surface area contributed by atoms with E-state index in [9.17, 15) is 9.59 Å². The Balaban J connectivity index is 2.05. The summed E-state index contributed by atoms with van der Waals surface area (Å²) in [6.07, 6.45) is 0. The lowest BCUT2D eigenvalue weighted by Crippen LogP contribution is -2.27. The molecule has 8 heteroatoms. The molecule has 0 aliphatic rings. The summed E-state index contributed by atoms with van der Waals surface area (Å²) in [4.78, 5) is 22.8. The number of H-pyrrole nitrogens is 1. The van der Waals surface area contributed by atoms with Gasteiger partial charge in [0.15, 0.2) is 5.82 Å². The first-order chi connectivity index (χ1) is 9.08. The molecule has 0 aliphatic heterocycles. The highest BCUT2D eigenvalue weighted by molar-refractivity contribution is 5.97. The molecule has 1 atom stereocenters. The molecule has 2 rings (SSSR count). The molecule has 8 nitrogen and oxygen atoms in total. The van der Waals surface area contributed by atoms with Gasteiger partial charge in [-0.15, -0.1) is 10.2 Å². The predicted molar refractivity (Wildman–Crippen MR) is 65.0 cm³/mol. The molecular formula is C11H12N6O2. The standard InChI is InChI=1S/C11H12N6O2/c1-6(10-14-16-17-15-10)13-11(19)8-4-2-7(3-5-8)9(12)18/h2-6H,1H3,(H2,12,18)(H,13,19)(H,14,15,16,17). The Labute approximate surface area is 108 Å². The van der Waals surface area contributed by atoms with E-state index in [0.29, 0.717) is 17.0 Å². The fraction of sp³-hybridized carbons (Fsp3) is 0.182. The number of nitrogens with one attached hydrogen (secondary N) is 2. The van der Waals surface area contributed by atoms with Gasteiger partial charge < -0.3 is 11.1 Å². The average molecular weight is 260 g/mol. The van der Waals surface area contributed by atoms with E-state index in [4.69, 9.17) is 5.73 Å². The van der Waals surface area contributed by atoms with E-state index in [1.54, 1.807) is 6.92 Å². The van der Waals surface area contributed by atoms with Crippen molar-refractivity contribution in [3.05, 3.63) is 41.2 Å². The lowest BCUT2D eigenvalue weighted by atomic mass is 10.1. The van der Waals surface area contributed by atoms with Gasteiger partial charge in [0, 0.05) is 11.1 Å². The molecule has 1 aromatic carbocycles. The summed E-state index contributed by atoms with van der Waals surface area (Å²) in [6, 6.07) is 5.67. The molecule has 0 fully saturated rings. The number of aromatic amines is 1. The van der Waals surface area contributed by atoms with E-state index >= 15 is 0 Å². The Hall–Kier alpha value is -2.77. The third kappa shape index (κ3) is 2.92. The van der Waals surface area contributed by atoms with Crippen molar-refractivity contribution < 1.29 is 9.59 Å². The average Bonchev–Trinajstić information content (AvgIpc) is 2.92. The maximum Gasteiger partial charge on any atom is 0.251 e. The van der Waals surface area contributed by atoms with Gasteiger partial charge >= 0.3 is 0 Å². The SMILES string of the molecule is CC(NC(=O)c1ccc(C(N)=O)cc1)c1nn[nH]n1. The third-order valence-electron chi connectivity index (χ3n) is 2.53. The molecule has 0 aliphatic carbocycles. The maximum atomic E-state index is 11.9. The molecule has 0 saturated carbocycles. The summed E-state index contributed by atoms with van der Waals surface area (Å²) >= 11 is 0. The third-order valence-corrected chi connectivity index (χ3v) is 2.53. The highest BCUT2D eigenvalue weighted by Gasteiger charge is 2.14. The van der Waals surface area contributed by atoms with Crippen molar-refractivity contribution in [1.82, 2.24) is 25.9 Å². The molecule has 19 heavy (non-hydrogen) atoms. The number of rotatable bonds is 4. The van der Waals surface area contributed by atoms with Gasteiger partial charge in [-0.05, 0) is 31.2 Å². The van der Waals surface area contributed by atoms with Gasteiger partial charge in [0.1, 0.15) is 0 Å². The number of tetrazole rings is 1. The van der Waals surface area contributed by atoms with Gasteiger partial charge in [-0.3, -0.25) is 9.59 Å². The highest BCUT2D eigenvalue weighted by Crippen LogP contribution is 2.08. The number of benzene rings is 1. The van der Waals surface area contributed by atoms with Crippen LogP contribution in [-0.2, 0) is 0 Å². The molecule has 2 amide bonds. The summed E-state index contributed by atoms with van der Waals surface area (Å²) in [7, 11) is 0. The van der Waals surface area contributed by atoms with Crippen LogP contribution in [0.5, 0.6) is 0 Å². The quantitative estimate of drug-likeness (QED) is 0.701. The second-order valence-corrected chi connectivity index (χ2v) is 3.91. The first-order valence-electron chi connectivity index (χ1n) is 5.52. The summed E-state index contributed by atoms with van der Waals surface area (Å²) < 4.78 is 0. The van der Waals surface area contributed by atoms with E-state index < -0.39 is 5.91 Å².